The van der Waals surface area contributed by atoms with Crippen LogP contribution in [-0.4, -0.2) is 23.9 Å². The molecule has 0 fully saturated rings. The van der Waals surface area contributed by atoms with Gasteiger partial charge in [-0.15, -0.1) is 0 Å². The Morgan fingerprint density at radius 2 is 2.07 bits per heavy atom. The van der Waals surface area contributed by atoms with Crippen molar-refractivity contribution in [3.05, 3.63) is 35.4 Å². The molecule has 14 heavy (non-hydrogen) atoms. The summed E-state index contributed by atoms with van der Waals surface area (Å²) in [5.74, 6) is 0. The Morgan fingerprint density at radius 1 is 1.36 bits per heavy atom. The summed E-state index contributed by atoms with van der Waals surface area (Å²) in [5.41, 5.74) is 2.79. The van der Waals surface area contributed by atoms with E-state index in [1.165, 1.54) is 11.1 Å². The van der Waals surface area contributed by atoms with Crippen LogP contribution in [0.1, 0.15) is 18.1 Å². The second-order valence-electron chi connectivity index (χ2n) is 3.92. The highest BCUT2D eigenvalue weighted by molar-refractivity contribution is 5.48. The van der Waals surface area contributed by atoms with Gasteiger partial charge in [0.1, 0.15) is 0 Å². The van der Waals surface area contributed by atoms with E-state index in [0.29, 0.717) is 6.04 Å². The van der Waals surface area contributed by atoms with Crippen LogP contribution >= 0.6 is 0 Å². The van der Waals surface area contributed by atoms with Gasteiger partial charge < -0.3 is 4.90 Å². The van der Waals surface area contributed by atoms with Crippen molar-refractivity contribution >= 4 is 6.41 Å². The molecule has 0 aliphatic carbocycles. The van der Waals surface area contributed by atoms with Crippen LogP contribution in [0.3, 0.4) is 0 Å². The van der Waals surface area contributed by atoms with Gasteiger partial charge in [-0.05, 0) is 30.9 Å². The van der Waals surface area contributed by atoms with Crippen molar-refractivity contribution in [2.45, 2.75) is 25.8 Å². The predicted molar refractivity (Wildman–Crippen MR) is 56.1 cm³/mol. The van der Waals surface area contributed by atoms with Crippen molar-refractivity contribution in [2.75, 3.05) is 6.54 Å². The average molecular weight is 189 g/mol. The van der Waals surface area contributed by atoms with Gasteiger partial charge in [0.15, 0.2) is 0 Å². The molecule has 0 spiro atoms. The number of carbonyl (C=O) groups excluding carboxylic acids is 1. The lowest BCUT2D eigenvalue weighted by atomic mass is 10.0. The number of benzene rings is 1. The minimum atomic E-state index is 0.330. The van der Waals surface area contributed by atoms with E-state index in [0.717, 1.165) is 25.8 Å². The lowest BCUT2D eigenvalue weighted by Crippen LogP contribution is -2.33. The maximum atomic E-state index is 10.8. The van der Waals surface area contributed by atoms with E-state index in [1.807, 2.05) is 4.90 Å². The molecule has 0 bridgehead atoms. The molecule has 0 saturated carbocycles. The van der Waals surface area contributed by atoms with Gasteiger partial charge in [-0.25, -0.2) is 0 Å². The van der Waals surface area contributed by atoms with Gasteiger partial charge in [-0.1, -0.05) is 24.3 Å². The first-order valence-corrected chi connectivity index (χ1v) is 5.09. The molecule has 2 heteroatoms. The van der Waals surface area contributed by atoms with Crippen LogP contribution in [0.25, 0.3) is 0 Å². The summed E-state index contributed by atoms with van der Waals surface area (Å²) in [4.78, 5) is 12.7. The van der Waals surface area contributed by atoms with Crippen LogP contribution in [0.15, 0.2) is 24.3 Å². The topological polar surface area (TPSA) is 20.3 Å². The van der Waals surface area contributed by atoms with Crippen molar-refractivity contribution in [2.24, 2.45) is 0 Å². The van der Waals surface area contributed by atoms with Crippen LogP contribution in [0.4, 0.5) is 0 Å². The SMILES string of the molecule is CC1Cc2ccccc2CCN1C=O. The van der Waals surface area contributed by atoms with Gasteiger partial charge in [0.25, 0.3) is 0 Å². The highest BCUT2D eigenvalue weighted by atomic mass is 16.1. The fourth-order valence-electron chi connectivity index (χ4n) is 2.06. The number of carbonyl (C=O) groups is 1. The molecule has 1 unspecified atom stereocenters. The Labute approximate surface area is 84.5 Å². The molecule has 1 aromatic rings. The lowest BCUT2D eigenvalue weighted by Gasteiger charge is -2.21. The summed E-state index contributed by atoms with van der Waals surface area (Å²) in [7, 11) is 0. The first-order chi connectivity index (χ1) is 6.81. The fourth-order valence-corrected chi connectivity index (χ4v) is 2.06. The molecular weight excluding hydrogens is 174 g/mol. The molecule has 1 aliphatic heterocycles. The van der Waals surface area contributed by atoms with Crippen LogP contribution in [0.5, 0.6) is 0 Å². The Morgan fingerprint density at radius 3 is 2.79 bits per heavy atom. The van der Waals surface area contributed by atoms with Crippen molar-refractivity contribution in [3.8, 4) is 0 Å². The van der Waals surface area contributed by atoms with Gasteiger partial charge in [0, 0.05) is 12.6 Å². The third-order valence-corrected chi connectivity index (χ3v) is 2.97. The van der Waals surface area contributed by atoms with E-state index in [9.17, 15) is 4.79 Å². The average Bonchev–Trinajstić information content (AvgIpc) is 2.36. The zero-order valence-corrected chi connectivity index (χ0v) is 8.44. The van der Waals surface area contributed by atoms with Gasteiger partial charge in [0.05, 0.1) is 0 Å². The zero-order valence-electron chi connectivity index (χ0n) is 8.44. The molecule has 2 rings (SSSR count). The first-order valence-electron chi connectivity index (χ1n) is 5.09. The molecule has 1 heterocycles. The second kappa shape index (κ2) is 3.82. The maximum Gasteiger partial charge on any atom is 0.209 e. The number of amides is 1. The fraction of sp³-hybridized carbons (Fsp3) is 0.417. The third kappa shape index (κ3) is 1.65. The largest absolute Gasteiger partial charge is 0.342 e. The number of fused-ring (bicyclic) bond motifs is 1. The summed E-state index contributed by atoms with van der Waals surface area (Å²) < 4.78 is 0. The Bertz CT molecular complexity index is 335. The predicted octanol–water partition coefficient (Wildman–Crippen LogP) is 1.63. The second-order valence-corrected chi connectivity index (χ2v) is 3.92. The van der Waals surface area contributed by atoms with Crippen molar-refractivity contribution in [3.63, 3.8) is 0 Å². The molecule has 1 aromatic carbocycles. The highest BCUT2D eigenvalue weighted by Crippen LogP contribution is 2.18. The number of hydrogen-bond acceptors (Lipinski definition) is 1. The van der Waals surface area contributed by atoms with Gasteiger partial charge in [-0.3, -0.25) is 4.79 Å². The molecule has 2 nitrogen and oxygen atoms in total. The van der Waals surface area contributed by atoms with Gasteiger partial charge in [0.2, 0.25) is 6.41 Å². The quantitative estimate of drug-likeness (QED) is 0.615. The summed E-state index contributed by atoms with van der Waals surface area (Å²) in [6.45, 7) is 2.96. The molecule has 0 saturated heterocycles. The van der Waals surface area contributed by atoms with Gasteiger partial charge >= 0.3 is 0 Å². The van der Waals surface area contributed by atoms with Gasteiger partial charge in [-0.2, -0.15) is 0 Å². The smallest absolute Gasteiger partial charge is 0.209 e. The minimum absolute atomic E-state index is 0.330. The zero-order chi connectivity index (χ0) is 9.97. The first kappa shape index (κ1) is 9.25. The molecule has 0 radical (unpaired) electrons. The van der Waals surface area contributed by atoms with Crippen molar-refractivity contribution < 1.29 is 4.79 Å². The van der Waals surface area contributed by atoms with Crippen molar-refractivity contribution in [1.29, 1.82) is 0 Å². The number of rotatable bonds is 1. The van der Waals surface area contributed by atoms with Crippen LogP contribution < -0.4 is 0 Å². The molecule has 74 valence electrons. The van der Waals surface area contributed by atoms with E-state index in [-0.39, 0.29) is 0 Å². The Kier molecular flexibility index (Phi) is 2.53. The van der Waals surface area contributed by atoms with E-state index in [4.69, 9.17) is 0 Å². The maximum absolute atomic E-state index is 10.8. The summed E-state index contributed by atoms with van der Waals surface area (Å²) in [6, 6.07) is 8.80. The normalized spacial score (nSPS) is 21.2. The van der Waals surface area contributed by atoms with Crippen molar-refractivity contribution in [1.82, 2.24) is 4.90 Å². The molecule has 1 atom stereocenters. The third-order valence-electron chi connectivity index (χ3n) is 2.97. The van der Waals surface area contributed by atoms with E-state index in [1.54, 1.807) is 0 Å². The number of nitrogens with zero attached hydrogens (tertiary/aromatic N) is 1. The molecule has 0 N–H and O–H groups in total. The monoisotopic (exact) mass is 189 g/mol. The molecular formula is C12H15NO. The highest BCUT2D eigenvalue weighted by Gasteiger charge is 2.18. The number of hydrogen-bond donors (Lipinski definition) is 0. The Balaban J connectivity index is 2.27. The minimum Gasteiger partial charge on any atom is -0.342 e. The summed E-state index contributed by atoms with van der Waals surface area (Å²) >= 11 is 0. The molecule has 0 aromatic heterocycles. The summed E-state index contributed by atoms with van der Waals surface area (Å²) in [6.07, 6.45) is 2.94. The lowest BCUT2D eigenvalue weighted by molar-refractivity contribution is -0.119. The molecule has 1 amide bonds. The summed E-state index contributed by atoms with van der Waals surface area (Å²) in [5, 5.41) is 0. The van der Waals surface area contributed by atoms with E-state index < -0.39 is 0 Å². The van der Waals surface area contributed by atoms with E-state index in [2.05, 4.69) is 31.2 Å². The van der Waals surface area contributed by atoms with Crippen LogP contribution in [0, 0.1) is 0 Å². The standard InChI is InChI=1S/C12H15NO/c1-10-8-12-5-3-2-4-11(12)6-7-13(10)9-14/h2-5,9-10H,6-8H2,1H3. The van der Waals surface area contributed by atoms with E-state index >= 15 is 0 Å². The molecule has 1 aliphatic rings. The van der Waals surface area contributed by atoms with Crippen LogP contribution in [-0.2, 0) is 17.6 Å². The van der Waals surface area contributed by atoms with Crippen LogP contribution in [0.2, 0.25) is 0 Å². The Hall–Kier alpha value is -1.31.